The molecule has 1 N–H and O–H groups in total. The maximum atomic E-state index is 10.4. The molecule has 0 aliphatic heterocycles. The molecule has 0 bridgehead atoms. The Morgan fingerprint density at radius 1 is 1.26 bits per heavy atom. The highest BCUT2D eigenvalue weighted by Crippen LogP contribution is 2.25. The van der Waals surface area contributed by atoms with Crippen molar-refractivity contribution in [3.8, 4) is 11.8 Å². The van der Waals surface area contributed by atoms with Crippen molar-refractivity contribution in [2.45, 2.75) is 38.6 Å². The van der Waals surface area contributed by atoms with Crippen molar-refractivity contribution in [2.24, 2.45) is 0 Å². The van der Waals surface area contributed by atoms with Crippen LogP contribution in [0.25, 0.3) is 0 Å². The lowest BCUT2D eigenvalue weighted by molar-refractivity contribution is 0.0447. The van der Waals surface area contributed by atoms with Crippen molar-refractivity contribution in [3.63, 3.8) is 0 Å². The minimum atomic E-state index is -1.85. The van der Waals surface area contributed by atoms with Gasteiger partial charge >= 0.3 is 0 Å². The molecule has 19 heavy (non-hydrogen) atoms. The molecule has 1 aromatic carbocycles. The number of benzene rings is 1. The molecule has 0 aliphatic carbocycles. The monoisotopic (exact) mass is 276 g/mol. The van der Waals surface area contributed by atoms with Crippen molar-refractivity contribution >= 4 is 13.3 Å². The Hall–Kier alpha value is -1.08. The van der Waals surface area contributed by atoms with E-state index in [0.29, 0.717) is 13.2 Å². The third-order valence-corrected chi connectivity index (χ3v) is 7.38. The predicted molar refractivity (Wildman–Crippen MR) is 83.3 cm³/mol. The average molecular weight is 276 g/mol. The van der Waals surface area contributed by atoms with Crippen LogP contribution >= 0.6 is 0 Å². The number of ether oxygens (including phenoxy) is 1. The molecule has 0 saturated carbocycles. The highest BCUT2D eigenvalue weighted by Gasteiger charge is 2.37. The molecule has 3 heteroatoms. The van der Waals surface area contributed by atoms with Crippen LogP contribution in [0.5, 0.6) is 0 Å². The number of hydrogen-bond donors (Lipinski definition) is 1. The van der Waals surface area contributed by atoms with Crippen molar-refractivity contribution in [2.75, 3.05) is 13.2 Å². The predicted octanol–water partition coefficient (Wildman–Crippen LogP) is 2.39. The first-order chi connectivity index (χ1) is 9.04. The molecule has 1 rings (SSSR count). The lowest BCUT2D eigenvalue weighted by atomic mass is 10.2. The summed E-state index contributed by atoms with van der Waals surface area (Å²) in [7, 11) is -1.85. The Morgan fingerprint density at radius 3 is 2.42 bits per heavy atom. The van der Waals surface area contributed by atoms with E-state index in [4.69, 9.17) is 4.74 Å². The molecule has 0 saturated heterocycles. The van der Waals surface area contributed by atoms with Crippen molar-refractivity contribution < 1.29 is 9.84 Å². The largest absolute Gasteiger partial charge is 0.390 e. The van der Waals surface area contributed by atoms with E-state index in [1.807, 2.05) is 19.9 Å². The second-order valence-corrected chi connectivity index (χ2v) is 9.83. The molecule has 0 amide bonds. The average Bonchev–Trinajstić information content (AvgIpc) is 2.43. The Labute approximate surface area is 117 Å². The Kier molecular flexibility index (Phi) is 6.30. The normalized spacial score (nSPS) is 14.4. The summed E-state index contributed by atoms with van der Waals surface area (Å²) in [5.74, 6) is 6.18. The number of rotatable bonds is 6. The van der Waals surface area contributed by atoms with Crippen LogP contribution in [0.2, 0.25) is 18.6 Å². The van der Waals surface area contributed by atoms with Crippen molar-refractivity contribution in [3.05, 3.63) is 30.3 Å². The van der Waals surface area contributed by atoms with Gasteiger partial charge in [-0.2, -0.15) is 0 Å². The van der Waals surface area contributed by atoms with E-state index in [1.54, 1.807) is 0 Å². The SMILES string of the molecule is CC#C[C@@H]([C@@H](O)COCC)[Si](C)(C)c1ccccc1. The third-order valence-electron chi connectivity index (χ3n) is 3.47. The first-order valence-electron chi connectivity index (χ1n) is 6.77. The minimum Gasteiger partial charge on any atom is -0.390 e. The maximum absolute atomic E-state index is 10.4. The second kappa shape index (κ2) is 7.49. The van der Waals surface area contributed by atoms with Crippen molar-refractivity contribution in [1.82, 2.24) is 0 Å². The highest BCUT2D eigenvalue weighted by molar-refractivity contribution is 6.91. The highest BCUT2D eigenvalue weighted by atomic mass is 28.3. The summed E-state index contributed by atoms with van der Waals surface area (Å²) in [6, 6.07) is 10.4. The summed E-state index contributed by atoms with van der Waals surface area (Å²) in [6.07, 6.45) is -0.519. The first kappa shape index (κ1) is 16.0. The quantitative estimate of drug-likeness (QED) is 0.638. The van der Waals surface area contributed by atoms with Crippen LogP contribution in [0.1, 0.15) is 13.8 Å². The van der Waals surface area contributed by atoms with Gasteiger partial charge in [-0.1, -0.05) is 48.6 Å². The van der Waals surface area contributed by atoms with E-state index in [0.717, 1.165) is 0 Å². The Bertz CT molecular complexity index is 431. The van der Waals surface area contributed by atoms with Crippen molar-refractivity contribution in [1.29, 1.82) is 0 Å². The van der Waals surface area contributed by atoms with Crippen LogP contribution in [0.3, 0.4) is 0 Å². The molecule has 2 atom stereocenters. The van der Waals surface area contributed by atoms with Crippen LogP contribution in [0.4, 0.5) is 0 Å². The molecule has 1 aromatic rings. The van der Waals surface area contributed by atoms with Gasteiger partial charge in [0.2, 0.25) is 0 Å². The lowest BCUT2D eigenvalue weighted by Crippen LogP contribution is -2.50. The topological polar surface area (TPSA) is 29.5 Å². The van der Waals surface area contributed by atoms with Crippen LogP contribution in [-0.2, 0) is 4.74 Å². The van der Waals surface area contributed by atoms with Crippen LogP contribution in [0, 0.1) is 11.8 Å². The molecule has 0 aromatic heterocycles. The van der Waals surface area contributed by atoms with Gasteiger partial charge in [-0.05, 0) is 13.8 Å². The van der Waals surface area contributed by atoms with E-state index >= 15 is 0 Å². The van der Waals surface area contributed by atoms with Crippen LogP contribution in [-0.4, -0.2) is 32.5 Å². The summed E-state index contributed by atoms with van der Waals surface area (Å²) >= 11 is 0. The van der Waals surface area contributed by atoms with Gasteiger partial charge in [0.1, 0.15) is 0 Å². The summed E-state index contributed by atoms with van der Waals surface area (Å²) in [4.78, 5) is 0. The zero-order valence-corrected chi connectivity index (χ0v) is 13.3. The molecule has 0 fully saturated rings. The molecule has 104 valence electrons. The van der Waals surface area contributed by atoms with E-state index in [2.05, 4.69) is 49.2 Å². The summed E-state index contributed by atoms with van der Waals surface area (Å²) in [5.41, 5.74) is -0.00792. The molecule has 0 unspecified atom stereocenters. The zero-order valence-electron chi connectivity index (χ0n) is 12.3. The summed E-state index contributed by atoms with van der Waals surface area (Å²) < 4.78 is 5.36. The van der Waals surface area contributed by atoms with Gasteiger partial charge < -0.3 is 9.84 Å². The van der Waals surface area contributed by atoms with E-state index in [9.17, 15) is 5.11 Å². The lowest BCUT2D eigenvalue weighted by Gasteiger charge is -2.32. The van der Waals surface area contributed by atoms with Gasteiger partial charge in [-0.15, -0.1) is 11.8 Å². The molecular formula is C16H24O2Si. The van der Waals surface area contributed by atoms with Gasteiger partial charge in [0.25, 0.3) is 0 Å². The molecule has 0 aliphatic rings. The number of aliphatic hydroxyl groups excluding tert-OH is 1. The molecule has 0 radical (unpaired) electrons. The van der Waals surface area contributed by atoms with Crippen LogP contribution < -0.4 is 5.19 Å². The van der Waals surface area contributed by atoms with Gasteiger partial charge in [-0.3, -0.25) is 0 Å². The molecule has 0 spiro atoms. The first-order valence-corrected chi connectivity index (χ1v) is 9.85. The Morgan fingerprint density at radius 2 is 1.89 bits per heavy atom. The fourth-order valence-electron chi connectivity index (χ4n) is 2.30. The Balaban J connectivity index is 2.99. The van der Waals surface area contributed by atoms with Gasteiger partial charge in [-0.25, -0.2) is 0 Å². The van der Waals surface area contributed by atoms with E-state index in [-0.39, 0.29) is 5.54 Å². The number of aliphatic hydroxyl groups is 1. The molecular weight excluding hydrogens is 252 g/mol. The van der Waals surface area contributed by atoms with Crippen LogP contribution in [0.15, 0.2) is 30.3 Å². The van der Waals surface area contributed by atoms with Gasteiger partial charge in [0, 0.05) is 12.1 Å². The minimum absolute atomic E-state index is 0.00792. The number of hydrogen-bond acceptors (Lipinski definition) is 2. The standard InChI is InChI=1S/C16H24O2Si/c1-5-10-16(15(17)13-18-6-2)19(3,4)14-11-8-7-9-12-14/h7-9,11-12,15-17H,6,13H2,1-4H3/t15-,16-/m0/s1. The summed E-state index contributed by atoms with van der Waals surface area (Å²) in [5, 5.41) is 11.7. The van der Waals surface area contributed by atoms with E-state index < -0.39 is 14.2 Å². The van der Waals surface area contributed by atoms with E-state index in [1.165, 1.54) is 5.19 Å². The second-order valence-electron chi connectivity index (χ2n) is 5.19. The fourth-order valence-corrected chi connectivity index (χ4v) is 5.27. The molecule has 0 heterocycles. The molecule has 2 nitrogen and oxygen atoms in total. The van der Waals surface area contributed by atoms with Gasteiger partial charge in [0.05, 0.1) is 20.8 Å². The fraction of sp³-hybridized carbons (Fsp3) is 0.500. The maximum Gasteiger partial charge on any atom is 0.0996 e. The smallest absolute Gasteiger partial charge is 0.0996 e. The van der Waals surface area contributed by atoms with Gasteiger partial charge in [0.15, 0.2) is 0 Å². The summed E-state index contributed by atoms with van der Waals surface area (Å²) in [6.45, 7) is 9.26. The third kappa shape index (κ3) is 4.21. The zero-order chi connectivity index (χ0) is 14.3.